The third kappa shape index (κ3) is 2.30. The smallest absolute Gasteiger partial charge is 0.313 e. The van der Waals surface area contributed by atoms with Gasteiger partial charge >= 0.3 is 5.97 Å². The SMILES string of the molecule is Cc1cc(SCC(=O)O)c(C)o1. The van der Waals surface area contributed by atoms with Crippen LogP contribution in [-0.4, -0.2) is 16.8 Å². The van der Waals surface area contributed by atoms with E-state index in [2.05, 4.69) is 0 Å². The summed E-state index contributed by atoms with van der Waals surface area (Å²) in [4.78, 5) is 11.2. The summed E-state index contributed by atoms with van der Waals surface area (Å²) in [6.45, 7) is 3.68. The van der Waals surface area contributed by atoms with Crippen molar-refractivity contribution in [2.75, 3.05) is 5.75 Å². The molecule has 3 nitrogen and oxygen atoms in total. The summed E-state index contributed by atoms with van der Waals surface area (Å²) in [5.74, 6) is 0.886. The summed E-state index contributed by atoms with van der Waals surface area (Å²) in [5.41, 5.74) is 0. The van der Waals surface area contributed by atoms with Crippen molar-refractivity contribution < 1.29 is 14.3 Å². The molecule has 1 aromatic rings. The van der Waals surface area contributed by atoms with Gasteiger partial charge in [0.15, 0.2) is 0 Å². The van der Waals surface area contributed by atoms with E-state index < -0.39 is 5.97 Å². The number of thioether (sulfide) groups is 1. The van der Waals surface area contributed by atoms with Crippen molar-refractivity contribution in [1.82, 2.24) is 0 Å². The fourth-order valence-electron chi connectivity index (χ4n) is 0.890. The van der Waals surface area contributed by atoms with Crippen LogP contribution in [-0.2, 0) is 4.79 Å². The van der Waals surface area contributed by atoms with Crippen molar-refractivity contribution in [3.8, 4) is 0 Å². The standard InChI is InChI=1S/C8H10O3S/c1-5-3-7(6(2)11-5)12-4-8(9)10/h3H,4H2,1-2H3,(H,9,10). The molecule has 0 saturated heterocycles. The molecule has 1 heterocycles. The lowest BCUT2D eigenvalue weighted by Crippen LogP contribution is -1.97. The van der Waals surface area contributed by atoms with E-state index >= 15 is 0 Å². The highest BCUT2D eigenvalue weighted by atomic mass is 32.2. The Bertz CT molecular complexity index is 290. The van der Waals surface area contributed by atoms with Crippen LogP contribution in [0.5, 0.6) is 0 Å². The monoisotopic (exact) mass is 186 g/mol. The Morgan fingerprint density at radius 1 is 1.67 bits per heavy atom. The zero-order chi connectivity index (χ0) is 9.14. The number of aliphatic carboxylic acids is 1. The lowest BCUT2D eigenvalue weighted by Gasteiger charge is -1.93. The first-order chi connectivity index (χ1) is 5.59. The molecule has 66 valence electrons. The highest BCUT2D eigenvalue weighted by molar-refractivity contribution is 8.00. The summed E-state index contributed by atoms with van der Waals surface area (Å²) in [5, 5.41) is 8.42. The summed E-state index contributed by atoms with van der Waals surface area (Å²) in [6.07, 6.45) is 0. The van der Waals surface area contributed by atoms with Gasteiger partial charge in [-0.1, -0.05) is 0 Å². The van der Waals surface area contributed by atoms with Crippen LogP contribution in [0.3, 0.4) is 0 Å². The molecule has 0 fully saturated rings. The average Bonchev–Trinajstić information content (AvgIpc) is 2.26. The van der Waals surface area contributed by atoms with Crippen molar-refractivity contribution >= 4 is 17.7 Å². The van der Waals surface area contributed by atoms with E-state index in [1.165, 1.54) is 11.8 Å². The lowest BCUT2D eigenvalue weighted by molar-refractivity contribution is -0.133. The number of carbonyl (C=O) groups is 1. The van der Waals surface area contributed by atoms with Crippen LogP contribution in [0.4, 0.5) is 0 Å². The number of furan rings is 1. The molecule has 0 aliphatic rings. The quantitative estimate of drug-likeness (QED) is 0.734. The number of carboxylic acids is 1. The zero-order valence-electron chi connectivity index (χ0n) is 6.96. The molecule has 0 aliphatic carbocycles. The highest BCUT2D eigenvalue weighted by Gasteiger charge is 2.06. The zero-order valence-corrected chi connectivity index (χ0v) is 7.77. The fraction of sp³-hybridized carbons (Fsp3) is 0.375. The molecule has 0 spiro atoms. The van der Waals surface area contributed by atoms with E-state index in [0.717, 1.165) is 16.4 Å². The Balaban J connectivity index is 2.62. The molecule has 0 saturated carbocycles. The average molecular weight is 186 g/mol. The number of aryl methyl sites for hydroxylation is 2. The summed E-state index contributed by atoms with van der Waals surface area (Å²) in [6, 6.07) is 1.85. The van der Waals surface area contributed by atoms with E-state index in [0.29, 0.717) is 0 Å². The van der Waals surface area contributed by atoms with Crippen LogP contribution in [0.15, 0.2) is 15.4 Å². The number of hydrogen-bond donors (Lipinski definition) is 1. The van der Waals surface area contributed by atoms with Gasteiger partial charge in [0.05, 0.1) is 5.75 Å². The lowest BCUT2D eigenvalue weighted by atomic mass is 10.4. The molecule has 0 amide bonds. The molecular formula is C8H10O3S. The first kappa shape index (κ1) is 9.19. The van der Waals surface area contributed by atoms with Crippen molar-refractivity contribution in [2.45, 2.75) is 18.7 Å². The third-order valence-corrected chi connectivity index (χ3v) is 2.45. The molecule has 0 aliphatic heterocycles. The largest absolute Gasteiger partial charge is 0.481 e. The molecule has 12 heavy (non-hydrogen) atoms. The van der Waals surface area contributed by atoms with Crippen LogP contribution in [0, 0.1) is 13.8 Å². The van der Waals surface area contributed by atoms with E-state index in [4.69, 9.17) is 9.52 Å². The van der Waals surface area contributed by atoms with Crippen molar-refractivity contribution in [2.24, 2.45) is 0 Å². The Hall–Kier alpha value is -0.900. The second kappa shape index (κ2) is 3.67. The maximum Gasteiger partial charge on any atom is 0.313 e. The normalized spacial score (nSPS) is 10.2. The van der Waals surface area contributed by atoms with Crippen LogP contribution in [0.2, 0.25) is 0 Å². The minimum Gasteiger partial charge on any atom is -0.481 e. The second-order valence-electron chi connectivity index (χ2n) is 2.46. The Labute approximate surface area is 74.8 Å². The Morgan fingerprint density at radius 2 is 2.33 bits per heavy atom. The van der Waals surface area contributed by atoms with Crippen LogP contribution < -0.4 is 0 Å². The van der Waals surface area contributed by atoms with Gasteiger partial charge in [-0.25, -0.2) is 0 Å². The van der Waals surface area contributed by atoms with Gasteiger partial charge in [-0.15, -0.1) is 11.8 Å². The Kier molecular flexibility index (Phi) is 2.81. The predicted molar refractivity (Wildman–Crippen MR) is 46.5 cm³/mol. The molecule has 0 atom stereocenters. The Morgan fingerprint density at radius 3 is 2.75 bits per heavy atom. The van der Waals surface area contributed by atoms with Crippen molar-refractivity contribution in [3.63, 3.8) is 0 Å². The van der Waals surface area contributed by atoms with Gasteiger partial charge in [0.2, 0.25) is 0 Å². The first-order valence-electron chi connectivity index (χ1n) is 3.51. The topological polar surface area (TPSA) is 50.4 Å². The first-order valence-corrected chi connectivity index (χ1v) is 4.50. The van der Waals surface area contributed by atoms with Gasteiger partial charge in [-0.05, 0) is 19.9 Å². The fourth-order valence-corrected chi connectivity index (χ4v) is 1.66. The maximum atomic E-state index is 10.2. The van der Waals surface area contributed by atoms with Crippen LogP contribution >= 0.6 is 11.8 Å². The van der Waals surface area contributed by atoms with Gasteiger partial charge in [-0.2, -0.15) is 0 Å². The predicted octanol–water partition coefficient (Wildman–Crippen LogP) is 2.07. The number of rotatable bonds is 3. The molecule has 0 unspecified atom stereocenters. The maximum absolute atomic E-state index is 10.2. The molecule has 0 radical (unpaired) electrons. The molecule has 4 heteroatoms. The minimum absolute atomic E-state index is 0.0831. The molecule has 1 rings (SSSR count). The second-order valence-corrected chi connectivity index (χ2v) is 3.48. The third-order valence-electron chi connectivity index (χ3n) is 1.35. The summed E-state index contributed by atoms with van der Waals surface area (Å²) in [7, 11) is 0. The van der Waals surface area contributed by atoms with E-state index in [9.17, 15) is 4.79 Å². The molecular weight excluding hydrogens is 176 g/mol. The van der Waals surface area contributed by atoms with E-state index in [1.54, 1.807) is 0 Å². The highest BCUT2D eigenvalue weighted by Crippen LogP contribution is 2.25. The van der Waals surface area contributed by atoms with E-state index in [-0.39, 0.29) is 5.75 Å². The minimum atomic E-state index is -0.807. The molecule has 1 aromatic heterocycles. The van der Waals surface area contributed by atoms with Crippen molar-refractivity contribution in [1.29, 1.82) is 0 Å². The van der Waals surface area contributed by atoms with E-state index in [1.807, 2.05) is 19.9 Å². The van der Waals surface area contributed by atoms with Gasteiger partial charge in [-0.3, -0.25) is 4.79 Å². The van der Waals surface area contributed by atoms with Crippen LogP contribution in [0.25, 0.3) is 0 Å². The van der Waals surface area contributed by atoms with Crippen LogP contribution in [0.1, 0.15) is 11.5 Å². The summed E-state index contributed by atoms with van der Waals surface area (Å²) < 4.78 is 5.23. The van der Waals surface area contributed by atoms with Crippen molar-refractivity contribution in [3.05, 3.63) is 17.6 Å². The van der Waals surface area contributed by atoms with Gasteiger partial charge in [0.1, 0.15) is 11.5 Å². The number of hydrogen-bond acceptors (Lipinski definition) is 3. The molecule has 0 bridgehead atoms. The summed E-state index contributed by atoms with van der Waals surface area (Å²) >= 11 is 1.28. The molecule has 1 N–H and O–H groups in total. The van der Waals surface area contributed by atoms with Gasteiger partial charge in [0, 0.05) is 4.90 Å². The van der Waals surface area contributed by atoms with Gasteiger partial charge < -0.3 is 9.52 Å². The number of carboxylic acid groups (broad SMARTS) is 1. The van der Waals surface area contributed by atoms with Gasteiger partial charge in [0.25, 0.3) is 0 Å². The molecule has 0 aromatic carbocycles.